The number of hydrogen-bond acceptors (Lipinski definition) is 3. The summed E-state index contributed by atoms with van der Waals surface area (Å²) in [4.78, 5) is 0. The molecule has 0 aromatic heterocycles. The van der Waals surface area contributed by atoms with Crippen LogP contribution in [0.5, 0.6) is 0 Å². The summed E-state index contributed by atoms with van der Waals surface area (Å²) >= 11 is 0. The van der Waals surface area contributed by atoms with Crippen molar-refractivity contribution < 1.29 is 4.74 Å². The number of hydrogen-bond donors (Lipinski definition) is 2. The molecule has 0 radical (unpaired) electrons. The molecular weight excluding hydrogens is 188 g/mol. The maximum Gasteiger partial charge on any atom is 0.0588 e. The Morgan fingerprint density at radius 2 is 2.13 bits per heavy atom. The van der Waals surface area contributed by atoms with E-state index in [4.69, 9.17) is 4.74 Å². The van der Waals surface area contributed by atoms with Gasteiger partial charge in [0.2, 0.25) is 0 Å². The van der Waals surface area contributed by atoms with Gasteiger partial charge in [-0.3, -0.25) is 0 Å². The van der Waals surface area contributed by atoms with E-state index in [0.29, 0.717) is 6.10 Å². The zero-order valence-electron chi connectivity index (χ0n) is 9.63. The SMILES string of the molecule is C1CNCCC(NCCC2CCCO2)C1. The van der Waals surface area contributed by atoms with Crippen molar-refractivity contribution in [3.8, 4) is 0 Å². The molecule has 2 rings (SSSR count). The van der Waals surface area contributed by atoms with Gasteiger partial charge in [0.25, 0.3) is 0 Å². The molecule has 2 N–H and O–H groups in total. The number of nitrogens with one attached hydrogen (secondary N) is 2. The Labute approximate surface area is 93.0 Å². The van der Waals surface area contributed by atoms with Gasteiger partial charge in [-0.25, -0.2) is 0 Å². The van der Waals surface area contributed by atoms with Crippen LogP contribution < -0.4 is 10.6 Å². The van der Waals surface area contributed by atoms with Crippen molar-refractivity contribution in [1.82, 2.24) is 10.6 Å². The Kier molecular flexibility index (Phi) is 4.90. The van der Waals surface area contributed by atoms with Crippen LogP contribution >= 0.6 is 0 Å². The summed E-state index contributed by atoms with van der Waals surface area (Å²) in [5, 5.41) is 7.11. The fourth-order valence-corrected chi connectivity index (χ4v) is 2.54. The summed E-state index contributed by atoms with van der Waals surface area (Å²) in [6.45, 7) is 4.49. The Balaban J connectivity index is 1.55. The fraction of sp³-hybridized carbons (Fsp3) is 1.00. The molecule has 2 heterocycles. The van der Waals surface area contributed by atoms with Crippen LogP contribution in [0, 0.1) is 0 Å². The van der Waals surface area contributed by atoms with E-state index in [1.165, 1.54) is 51.6 Å². The molecule has 2 atom stereocenters. The molecule has 0 amide bonds. The quantitative estimate of drug-likeness (QED) is 0.736. The van der Waals surface area contributed by atoms with Crippen LogP contribution in [-0.2, 0) is 4.74 Å². The third-order valence-electron chi connectivity index (χ3n) is 3.50. The molecule has 0 spiro atoms. The minimum Gasteiger partial charge on any atom is -0.378 e. The Morgan fingerprint density at radius 1 is 1.13 bits per heavy atom. The van der Waals surface area contributed by atoms with E-state index in [1.807, 2.05) is 0 Å². The standard InChI is InChI=1S/C12H24N2O/c1-3-11(5-8-13-7-1)14-9-6-12-4-2-10-15-12/h11-14H,1-10H2. The maximum atomic E-state index is 5.61. The van der Waals surface area contributed by atoms with Crippen molar-refractivity contribution in [3.63, 3.8) is 0 Å². The Morgan fingerprint density at radius 3 is 3.00 bits per heavy atom. The normalized spacial score (nSPS) is 32.8. The van der Waals surface area contributed by atoms with Crippen molar-refractivity contribution in [2.24, 2.45) is 0 Å². The first-order chi connectivity index (χ1) is 7.45. The highest BCUT2D eigenvalue weighted by Crippen LogP contribution is 2.14. The third kappa shape index (κ3) is 4.09. The van der Waals surface area contributed by atoms with Crippen LogP contribution in [0.1, 0.15) is 38.5 Å². The first kappa shape index (κ1) is 11.4. The molecule has 0 bridgehead atoms. The van der Waals surface area contributed by atoms with E-state index >= 15 is 0 Å². The van der Waals surface area contributed by atoms with Gasteiger partial charge in [-0.05, 0) is 58.2 Å². The van der Waals surface area contributed by atoms with Crippen molar-refractivity contribution in [1.29, 1.82) is 0 Å². The second-order valence-electron chi connectivity index (χ2n) is 4.76. The van der Waals surface area contributed by atoms with Crippen molar-refractivity contribution in [3.05, 3.63) is 0 Å². The van der Waals surface area contributed by atoms with Gasteiger partial charge in [-0.2, -0.15) is 0 Å². The van der Waals surface area contributed by atoms with Crippen LogP contribution in [0.4, 0.5) is 0 Å². The zero-order valence-corrected chi connectivity index (χ0v) is 9.63. The first-order valence-corrected chi connectivity index (χ1v) is 6.51. The fourth-order valence-electron chi connectivity index (χ4n) is 2.54. The lowest BCUT2D eigenvalue weighted by Gasteiger charge is -2.17. The highest BCUT2D eigenvalue weighted by atomic mass is 16.5. The Bertz CT molecular complexity index is 161. The average molecular weight is 212 g/mol. The molecule has 88 valence electrons. The second kappa shape index (κ2) is 6.46. The van der Waals surface area contributed by atoms with E-state index in [0.717, 1.165) is 19.2 Å². The summed E-state index contributed by atoms with van der Waals surface area (Å²) < 4.78 is 5.61. The lowest BCUT2D eigenvalue weighted by molar-refractivity contribution is 0.103. The van der Waals surface area contributed by atoms with Crippen LogP contribution in [0.25, 0.3) is 0 Å². The summed E-state index contributed by atoms with van der Waals surface area (Å²) in [5.41, 5.74) is 0. The first-order valence-electron chi connectivity index (χ1n) is 6.51. The predicted octanol–water partition coefficient (Wildman–Crippen LogP) is 1.29. The lowest BCUT2D eigenvalue weighted by atomic mass is 10.1. The second-order valence-corrected chi connectivity index (χ2v) is 4.76. The highest BCUT2D eigenvalue weighted by Gasteiger charge is 2.16. The average Bonchev–Trinajstić information content (AvgIpc) is 2.62. The molecule has 2 aliphatic heterocycles. The smallest absolute Gasteiger partial charge is 0.0588 e. The van der Waals surface area contributed by atoms with Gasteiger partial charge in [0.1, 0.15) is 0 Å². The van der Waals surface area contributed by atoms with E-state index in [1.54, 1.807) is 0 Å². The largest absolute Gasteiger partial charge is 0.378 e. The van der Waals surface area contributed by atoms with E-state index in [9.17, 15) is 0 Å². The monoisotopic (exact) mass is 212 g/mol. The summed E-state index contributed by atoms with van der Waals surface area (Å²) in [6.07, 6.45) is 8.21. The molecule has 15 heavy (non-hydrogen) atoms. The van der Waals surface area contributed by atoms with Gasteiger partial charge >= 0.3 is 0 Å². The van der Waals surface area contributed by atoms with E-state index in [2.05, 4.69) is 10.6 Å². The lowest BCUT2D eigenvalue weighted by Crippen LogP contribution is -2.32. The zero-order chi connectivity index (χ0) is 10.3. The molecule has 2 fully saturated rings. The van der Waals surface area contributed by atoms with E-state index < -0.39 is 0 Å². The third-order valence-corrected chi connectivity index (χ3v) is 3.50. The van der Waals surface area contributed by atoms with Gasteiger partial charge in [-0.1, -0.05) is 0 Å². The minimum atomic E-state index is 0.543. The summed E-state index contributed by atoms with van der Waals surface area (Å²) in [5.74, 6) is 0. The molecule has 2 aliphatic rings. The van der Waals surface area contributed by atoms with Crippen LogP contribution in [0.15, 0.2) is 0 Å². The van der Waals surface area contributed by atoms with Crippen LogP contribution in [0.2, 0.25) is 0 Å². The van der Waals surface area contributed by atoms with Crippen LogP contribution in [-0.4, -0.2) is 38.4 Å². The summed E-state index contributed by atoms with van der Waals surface area (Å²) in [6, 6.07) is 0.737. The topological polar surface area (TPSA) is 33.3 Å². The maximum absolute atomic E-state index is 5.61. The molecular formula is C12H24N2O. The van der Waals surface area contributed by atoms with Gasteiger partial charge in [0.05, 0.1) is 6.10 Å². The van der Waals surface area contributed by atoms with E-state index in [-0.39, 0.29) is 0 Å². The molecule has 0 saturated carbocycles. The number of ether oxygens (including phenoxy) is 1. The van der Waals surface area contributed by atoms with Crippen molar-refractivity contribution in [2.45, 2.75) is 50.7 Å². The van der Waals surface area contributed by atoms with Gasteiger partial charge < -0.3 is 15.4 Å². The van der Waals surface area contributed by atoms with Crippen molar-refractivity contribution >= 4 is 0 Å². The molecule has 0 aromatic carbocycles. The van der Waals surface area contributed by atoms with Crippen molar-refractivity contribution in [2.75, 3.05) is 26.2 Å². The van der Waals surface area contributed by atoms with Gasteiger partial charge in [-0.15, -0.1) is 0 Å². The molecule has 2 saturated heterocycles. The van der Waals surface area contributed by atoms with Gasteiger partial charge in [0, 0.05) is 12.6 Å². The molecule has 0 aromatic rings. The van der Waals surface area contributed by atoms with Crippen LogP contribution in [0.3, 0.4) is 0 Å². The summed E-state index contributed by atoms with van der Waals surface area (Å²) in [7, 11) is 0. The molecule has 3 nitrogen and oxygen atoms in total. The number of rotatable bonds is 4. The minimum absolute atomic E-state index is 0.543. The highest BCUT2D eigenvalue weighted by molar-refractivity contribution is 4.74. The molecule has 2 unspecified atom stereocenters. The molecule has 3 heteroatoms. The predicted molar refractivity (Wildman–Crippen MR) is 62.1 cm³/mol. The van der Waals surface area contributed by atoms with Gasteiger partial charge in [0.15, 0.2) is 0 Å². The Hall–Kier alpha value is -0.120. The molecule has 0 aliphatic carbocycles.